The van der Waals surface area contributed by atoms with E-state index in [9.17, 15) is 9.59 Å². The van der Waals surface area contributed by atoms with E-state index in [4.69, 9.17) is 0 Å². The molecule has 0 radical (unpaired) electrons. The van der Waals surface area contributed by atoms with Crippen LogP contribution in [0.4, 0.5) is 0 Å². The van der Waals surface area contributed by atoms with Gasteiger partial charge in [-0.1, -0.05) is 27.7 Å². The summed E-state index contributed by atoms with van der Waals surface area (Å²) in [5.41, 5.74) is 0. The van der Waals surface area contributed by atoms with Gasteiger partial charge in [0.15, 0.2) is 0 Å². The highest BCUT2D eigenvalue weighted by molar-refractivity contribution is 5.78. The molecule has 0 N–H and O–H groups in total. The van der Waals surface area contributed by atoms with Gasteiger partial charge in [-0.3, -0.25) is 9.69 Å². The van der Waals surface area contributed by atoms with Gasteiger partial charge in [-0.05, 0) is 31.2 Å². The van der Waals surface area contributed by atoms with Crippen molar-refractivity contribution >= 4 is 12.2 Å². The van der Waals surface area contributed by atoms with Crippen LogP contribution in [0.15, 0.2) is 0 Å². The third-order valence-corrected chi connectivity index (χ3v) is 3.62. The number of likely N-dealkylation sites (tertiary alicyclic amines) is 1. The lowest BCUT2D eigenvalue weighted by molar-refractivity contribution is -0.134. The molecule has 1 unspecified atom stereocenters. The van der Waals surface area contributed by atoms with E-state index in [0.717, 1.165) is 45.3 Å². The molecule has 4 heteroatoms. The Morgan fingerprint density at radius 1 is 1.25 bits per heavy atom. The van der Waals surface area contributed by atoms with Crippen molar-refractivity contribution in [1.29, 1.82) is 0 Å². The molecule has 1 amide bonds. The number of rotatable bonds is 7. The molecule has 1 aliphatic rings. The van der Waals surface area contributed by atoms with Crippen molar-refractivity contribution < 1.29 is 9.59 Å². The molecule has 0 spiro atoms. The van der Waals surface area contributed by atoms with Crippen molar-refractivity contribution in [2.75, 3.05) is 32.7 Å². The highest BCUT2D eigenvalue weighted by atomic mass is 16.2. The van der Waals surface area contributed by atoms with Crippen molar-refractivity contribution in [3.8, 4) is 0 Å². The Morgan fingerprint density at radius 3 is 2.35 bits per heavy atom. The highest BCUT2D eigenvalue weighted by Crippen LogP contribution is 2.15. The van der Waals surface area contributed by atoms with Crippen LogP contribution in [0.25, 0.3) is 0 Å². The zero-order chi connectivity index (χ0) is 15.1. The summed E-state index contributed by atoms with van der Waals surface area (Å²) in [6.45, 7) is 12.4. The first-order chi connectivity index (χ1) is 9.42. The highest BCUT2D eigenvalue weighted by Gasteiger charge is 2.24. The summed E-state index contributed by atoms with van der Waals surface area (Å²) >= 11 is 0. The Labute approximate surface area is 123 Å². The molecular formula is C16H30N2O2. The summed E-state index contributed by atoms with van der Waals surface area (Å²) in [4.78, 5) is 27.5. The van der Waals surface area contributed by atoms with Gasteiger partial charge < -0.3 is 9.69 Å². The average molecular weight is 282 g/mol. The monoisotopic (exact) mass is 282 g/mol. The van der Waals surface area contributed by atoms with E-state index >= 15 is 0 Å². The first-order valence-electron chi connectivity index (χ1n) is 7.87. The minimum absolute atomic E-state index is 0.111. The first kappa shape index (κ1) is 17.2. The van der Waals surface area contributed by atoms with Crippen LogP contribution in [0.1, 0.15) is 40.5 Å². The second kappa shape index (κ2) is 8.40. The van der Waals surface area contributed by atoms with E-state index in [1.165, 1.54) is 0 Å². The SMILES string of the molecule is CC(C)CN(CC(C)C)C(=O)CN1CCCC(C=O)C1. The number of aldehydes is 1. The maximum atomic E-state index is 12.5. The van der Waals surface area contributed by atoms with Crippen molar-refractivity contribution in [3.63, 3.8) is 0 Å². The predicted octanol–water partition coefficient (Wildman–Crippen LogP) is 2.04. The first-order valence-corrected chi connectivity index (χ1v) is 7.87. The summed E-state index contributed by atoms with van der Waals surface area (Å²) in [7, 11) is 0. The zero-order valence-corrected chi connectivity index (χ0v) is 13.5. The van der Waals surface area contributed by atoms with Crippen LogP contribution in [0.2, 0.25) is 0 Å². The molecular weight excluding hydrogens is 252 g/mol. The van der Waals surface area contributed by atoms with E-state index in [2.05, 4.69) is 32.6 Å². The summed E-state index contributed by atoms with van der Waals surface area (Å²) in [6, 6.07) is 0. The Hall–Kier alpha value is -0.900. The second-order valence-corrected chi connectivity index (χ2v) is 6.86. The molecule has 0 aromatic rings. The third-order valence-electron chi connectivity index (χ3n) is 3.62. The standard InChI is InChI=1S/C16H30N2O2/c1-13(2)8-18(9-14(3)4)16(20)11-17-7-5-6-15(10-17)12-19/h12-15H,5-11H2,1-4H3. The van der Waals surface area contributed by atoms with Crippen LogP contribution in [0.3, 0.4) is 0 Å². The van der Waals surface area contributed by atoms with Crippen LogP contribution in [-0.2, 0) is 9.59 Å². The number of amides is 1. The van der Waals surface area contributed by atoms with Crippen LogP contribution >= 0.6 is 0 Å². The van der Waals surface area contributed by atoms with Gasteiger partial charge in [0.2, 0.25) is 5.91 Å². The molecule has 20 heavy (non-hydrogen) atoms. The topological polar surface area (TPSA) is 40.6 Å². The van der Waals surface area contributed by atoms with Crippen molar-refractivity contribution in [3.05, 3.63) is 0 Å². The summed E-state index contributed by atoms with van der Waals surface area (Å²) in [5.74, 6) is 1.29. The number of hydrogen-bond donors (Lipinski definition) is 0. The number of carbonyl (C=O) groups is 2. The summed E-state index contributed by atoms with van der Waals surface area (Å²) < 4.78 is 0. The van der Waals surface area contributed by atoms with Crippen LogP contribution in [0, 0.1) is 17.8 Å². The Morgan fingerprint density at radius 2 is 1.85 bits per heavy atom. The fourth-order valence-electron chi connectivity index (χ4n) is 2.80. The van der Waals surface area contributed by atoms with E-state index in [0.29, 0.717) is 18.4 Å². The molecule has 1 aliphatic heterocycles. The molecule has 116 valence electrons. The lowest BCUT2D eigenvalue weighted by Gasteiger charge is -2.33. The fourth-order valence-corrected chi connectivity index (χ4v) is 2.80. The van der Waals surface area contributed by atoms with Crippen LogP contribution in [-0.4, -0.2) is 54.7 Å². The molecule has 4 nitrogen and oxygen atoms in total. The smallest absolute Gasteiger partial charge is 0.236 e. The number of nitrogens with zero attached hydrogens (tertiary/aromatic N) is 2. The zero-order valence-electron chi connectivity index (χ0n) is 13.5. The molecule has 0 saturated carbocycles. The molecule has 1 atom stereocenters. The van der Waals surface area contributed by atoms with Gasteiger partial charge in [-0.25, -0.2) is 0 Å². The molecule has 0 aromatic heterocycles. The quantitative estimate of drug-likeness (QED) is 0.671. The molecule has 1 saturated heterocycles. The molecule has 1 rings (SSSR count). The van der Waals surface area contributed by atoms with Crippen LogP contribution in [0.5, 0.6) is 0 Å². The third kappa shape index (κ3) is 6.04. The number of hydrogen-bond acceptors (Lipinski definition) is 3. The maximum Gasteiger partial charge on any atom is 0.236 e. The van der Waals surface area contributed by atoms with Crippen molar-refractivity contribution in [1.82, 2.24) is 9.80 Å². The number of piperidine rings is 1. The second-order valence-electron chi connectivity index (χ2n) is 6.86. The van der Waals surface area contributed by atoms with Gasteiger partial charge in [0.05, 0.1) is 6.54 Å². The Bertz CT molecular complexity index is 306. The largest absolute Gasteiger partial charge is 0.341 e. The van der Waals surface area contributed by atoms with E-state index in [-0.39, 0.29) is 11.8 Å². The van der Waals surface area contributed by atoms with Gasteiger partial charge in [0, 0.05) is 25.6 Å². The minimum Gasteiger partial charge on any atom is -0.341 e. The van der Waals surface area contributed by atoms with Crippen LogP contribution < -0.4 is 0 Å². The molecule has 0 aliphatic carbocycles. The van der Waals surface area contributed by atoms with Gasteiger partial charge in [0.1, 0.15) is 6.29 Å². The Balaban J connectivity index is 2.53. The lowest BCUT2D eigenvalue weighted by atomic mass is 10.00. The lowest BCUT2D eigenvalue weighted by Crippen LogP contribution is -2.46. The van der Waals surface area contributed by atoms with Crippen molar-refractivity contribution in [2.24, 2.45) is 17.8 Å². The van der Waals surface area contributed by atoms with Gasteiger partial charge in [-0.15, -0.1) is 0 Å². The van der Waals surface area contributed by atoms with E-state index in [1.54, 1.807) is 0 Å². The van der Waals surface area contributed by atoms with Gasteiger partial charge >= 0.3 is 0 Å². The molecule has 0 aromatic carbocycles. The molecule has 1 fully saturated rings. The average Bonchev–Trinajstić information content (AvgIpc) is 2.37. The summed E-state index contributed by atoms with van der Waals surface area (Å²) in [5, 5.41) is 0. The number of carbonyl (C=O) groups excluding carboxylic acids is 2. The summed E-state index contributed by atoms with van der Waals surface area (Å²) in [6.07, 6.45) is 3.03. The molecule has 0 bridgehead atoms. The predicted molar refractivity (Wildman–Crippen MR) is 81.5 cm³/mol. The maximum absolute atomic E-state index is 12.5. The fraction of sp³-hybridized carbons (Fsp3) is 0.875. The Kier molecular flexibility index (Phi) is 7.20. The van der Waals surface area contributed by atoms with E-state index in [1.807, 2.05) is 4.90 Å². The van der Waals surface area contributed by atoms with Crippen molar-refractivity contribution in [2.45, 2.75) is 40.5 Å². The normalized spacial score (nSPS) is 20.4. The molecule has 1 heterocycles. The van der Waals surface area contributed by atoms with Gasteiger partial charge in [0.25, 0.3) is 0 Å². The minimum atomic E-state index is 0.111. The van der Waals surface area contributed by atoms with Gasteiger partial charge in [-0.2, -0.15) is 0 Å². The van der Waals surface area contributed by atoms with E-state index < -0.39 is 0 Å².